The van der Waals surface area contributed by atoms with Gasteiger partial charge in [-0.05, 0) is 51.0 Å². The van der Waals surface area contributed by atoms with Crippen LogP contribution < -0.4 is 10.1 Å². The van der Waals surface area contributed by atoms with E-state index >= 15 is 0 Å². The molecule has 0 bridgehead atoms. The maximum absolute atomic E-state index is 12.3. The number of hydrogen-bond acceptors (Lipinski definition) is 3. The van der Waals surface area contributed by atoms with Crippen LogP contribution >= 0.6 is 28.3 Å². The number of nitrogens with one attached hydrogen (secondary N) is 1. The second-order valence-corrected chi connectivity index (χ2v) is 6.75. The molecule has 0 aliphatic carbocycles. The SMILES string of the molecule is CC1NCCN(C(=O)CCCCOc2ccc(Br)cc2)C1C.Cl. The topological polar surface area (TPSA) is 41.6 Å². The van der Waals surface area contributed by atoms with Gasteiger partial charge < -0.3 is 15.0 Å². The van der Waals surface area contributed by atoms with Crippen molar-refractivity contribution >= 4 is 34.2 Å². The number of nitrogens with zero attached hydrogens (tertiary/aromatic N) is 1. The maximum atomic E-state index is 12.3. The van der Waals surface area contributed by atoms with E-state index in [2.05, 4.69) is 35.1 Å². The molecular weight excluding hydrogens is 380 g/mol. The van der Waals surface area contributed by atoms with E-state index in [-0.39, 0.29) is 24.4 Å². The minimum atomic E-state index is 0. The molecule has 2 atom stereocenters. The molecule has 1 amide bonds. The normalized spacial score (nSPS) is 20.7. The molecule has 1 heterocycles. The van der Waals surface area contributed by atoms with Crippen molar-refractivity contribution in [3.05, 3.63) is 28.7 Å². The fraction of sp³-hybridized carbons (Fsp3) is 0.588. The summed E-state index contributed by atoms with van der Waals surface area (Å²) in [6.45, 7) is 6.62. The van der Waals surface area contributed by atoms with Crippen LogP contribution in [0.1, 0.15) is 33.1 Å². The third kappa shape index (κ3) is 6.32. The molecule has 1 aliphatic heterocycles. The zero-order valence-electron chi connectivity index (χ0n) is 13.8. The highest BCUT2D eigenvalue weighted by Crippen LogP contribution is 2.17. The lowest BCUT2D eigenvalue weighted by atomic mass is 10.1. The number of carbonyl (C=O) groups excluding carboxylic acids is 1. The number of carbonyl (C=O) groups is 1. The molecule has 0 radical (unpaired) electrons. The highest BCUT2D eigenvalue weighted by Gasteiger charge is 2.27. The summed E-state index contributed by atoms with van der Waals surface area (Å²) in [5, 5.41) is 3.40. The Hall–Kier alpha value is -0.780. The molecule has 1 aromatic carbocycles. The predicted octanol–water partition coefficient (Wildman–Crippen LogP) is 3.63. The van der Waals surface area contributed by atoms with Crippen LogP contribution in [0.5, 0.6) is 5.75 Å². The number of benzene rings is 1. The van der Waals surface area contributed by atoms with Gasteiger partial charge in [0.2, 0.25) is 5.91 Å². The summed E-state index contributed by atoms with van der Waals surface area (Å²) < 4.78 is 6.72. The molecule has 4 nitrogen and oxygen atoms in total. The smallest absolute Gasteiger partial charge is 0.222 e. The van der Waals surface area contributed by atoms with Crippen molar-refractivity contribution in [3.8, 4) is 5.75 Å². The average Bonchev–Trinajstić information content (AvgIpc) is 2.51. The summed E-state index contributed by atoms with van der Waals surface area (Å²) in [4.78, 5) is 14.3. The van der Waals surface area contributed by atoms with Crippen molar-refractivity contribution in [2.45, 2.75) is 45.2 Å². The van der Waals surface area contributed by atoms with Crippen LogP contribution in [0, 0.1) is 0 Å². The number of piperazine rings is 1. The maximum Gasteiger partial charge on any atom is 0.222 e. The van der Waals surface area contributed by atoms with Gasteiger partial charge in [-0.25, -0.2) is 0 Å². The van der Waals surface area contributed by atoms with Crippen LogP contribution in [0.4, 0.5) is 0 Å². The Kier molecular flexibility index (Phi) is 8.95. The molecule has 1 aliphatic rings. The summed E-state index contributed by atoms with van der Waals surface area (Å²) in [6.07, 6.45) is 2.39. The zero-order valence-corrected chi connectivity index (χ0v) is 16.2. The minimum Gasteiger partial charge on any atom is -0.494 e. The Morgan fingerprint density at radius 3 is 2.70 bits per heavy atom. The van der Waals surface area contributed by atoms with Crippen LogP contribution in [0.25, 0.3) is 0 Å². The number of ether oxygens (including phenoxy) is 1. The Morgan fingerprint density at radius 2 is 2.00 bits per heavy atom. The molecule has 1 saturated heterocycles. The largest absolute Gasteiger partial charge is 0.494 e. The number of halogens is 2. The average molecular weight is 406 g/mol. The number of amides is 1. The molecule has 2 rings (SSSR count). The molecular formula is C17H26BrClN2O2. The van der Waals surface area contributed by atoms with Crippen molar-refractivity contribution in [2.75, 3.05) is 19.7 Å². The first-order chi connectivity index (χ1) is 10.6. The van der Waals surface area contributed by atoms with Crippen LogP contribution in [-0.4, -0.2) is 42.6 Å². The first-order valence-electron chi connectivity index (χ1n) is 7.99. The summed E-state index contributed by atoms with van der Waals surface area (Å²) >= 11 is 3.40. The number of unbranched alkanes of at least 4 members (excludes halogenated alkanes) is 1. The zero-order chi connectivity index (χ0) is 15.9. The molecule has 0 aromatic heterocycles. The van der Waals surface area contributed by atoms with E-state index in [4.69, 9.17) is 4.74 Å². The number of rotatable bonds is 6. The summed E-state index contributed by atoms with van der Waals surface area (Å²) in [5.41, 5.74) is 0. The summed E-state index contributed by atoms with van der Waals surface area (Å²) in [6, 6.07) is 8.47. The first-order valence-corrected chi connectivity index (χ1v) is 8.78. The van der Waals surface area contributed by atoms with Crippen molar-refractivity contribution in [3.63, 3.8) is 0 Å². The van der Waals surface area contributed by atoms with Crippen LogP contribution in [-0.2, 0) is 4.79 Å². The van der Waals surface area contributed by atoms with Gasteiger partial charge in [0.05, 0.1) is 6.61 Å². The van der Waals surface area contributed by atoms with E-state index in [9.17, 15) is 4.79 Å². The van der Waals surface area contributed by atoms with Crippen LogP contribution in [0.15, 0.2) is 28.7 Å². The highest BCUT2D eigenvalue weighted by molar-refractivity contribution is 9.10. The van der Waals surface area contributed by atoms with E-state index in [1.165, 1.54) is 0 Å². The molecule has 1 fully saturated rings. The molecule has 1 aromatic rings. The molecule has 23 heavy (non-hydrogen) atoms. The summed E-state index contributed by atoms with van der Waals surface area (Å²) in [5.74, 6) is 1.14. The Labute approximate surface area is 153 Å². The van der Waals surface area contributed by atoms with Crippen LogP contribution in [0.3, 0.4) is 0 Å². The fourth-order valence-corrected chi connectivity index (χ4v) is 2.92. The molecule has 1 N–H and O–H groups in total. The van der Waals surface area contributed by atoms with Gasteiger partial charge in [-0.2, -0.15) is 0 Å². The van der Waals surface area contributed by atoms with E-state index in [1.54, 1.807) is 0 Å². The number of hydrogen-bond donors (Lipinski definition) is 1. The van der Waals surface area contributed by atoms with Crippen molar-refractivity contribution in [2.24, 2.45) is 0 Å². The van der Waals surface area contributed by atoms with Crippen molar-refractivity contribution in [1.29, 1.82) is 0 Å². The third-order valence-corrected chi connectivity index (χ3v) is 4.75. The van der Waals surface area contributed by atoms with E-state index in [0.29, 0.717) is 19.1 Å². The molecule has 130 valence electrons. The Balaban J connectivity index is 0.00000264. The lowest BCUT2D eigenvalue weighted by Crippen LogP contribution is -2.57. The second-order valence-electron chi connectivity index (χ2n) is 5.83. The van der Waals surface area contributed by atoms with Gasteiger partial charge in [-0.1, -0.05) is 15.9 Å². The summed E-state index contributed by atoms with van der Waals surface area (Å²) in [7, 11) is 0. The quantitative estimate of drug-likeness (QED) is 0.735. The Bertz CT molecular complexity index is 484. The van der Waals surface area contributed by atoms with Gasteiger partial charge in [-0.15, -0.1) is 12.4 Å². The lowest BCUT2D eigenvalue weighted by Gasteiger charge is -2.38. The van der Waals surface area contributed by atoms with E-state index in [1.807, 2.05) is 29.2 Å². The highest BCUT2D eigenvalue weighted by atomic mass is 79.9. The lowest BCUT2D eigenvalue weighted by molar-refractivity contribution is -0.135. The molecule has 6 heteroatoms. The molecule has 0 saturated carbocycles. The van der Waals surface area contributed by atoms with Crippen LogP contribution in [0.2, 0.25) is 0 Å². The van der Waals surface area contributed by atoms with Gasteiger partial charge in [0.25, 0.3) is 0 Å². The fourth-order valence-electron chi connectivity index (χ4n) is 2.65. The van der Waals surface area contributed by atoms with Crippen molar-refractivity contribution in [1.82, 2.24) is 10.2 Å². The predicted molar refractivity (Wildman–Crippen MR) is 99.4 cm³/mol. The molecule has 2 unspecified atom stereocenters. The van der Waals surface area contributed by atoms with E-state index in [0.717, 1.165) is 36.2 Å². The molecule has 0 spiro atoms. The third-order valence-electron chi connectivity index (χ3n) is 4.22. The Morgan fingerprint density at radius 1 is 1.30 bits per heavy atom. The standard InChI is InChI=1S/C17H25BrN2O2.ClH/c1-13-14(2)20(11-10-19-13)17(21)5-3-4-12-22-16-8-6-15(18)7-9-16;/h6-9,13-14,19H,3-5,10-12H2,1-2H3;1H. The van der Waals surface area contributed by atoms with Gasteiger partial charge in [0, 0.05) is 36.1 Å². The van der Waals surface area contributed by atoms with E-state index < -0.39 is 0 Å². The van der Waals surface area contributed by atoms with Gasteiger partial charge in [0.15, 0.2) is 0 Å². The second kappa shape index (κ2) is 10.2. The minimum absolute atomic E-state index is 0. The van der Waals surface area contributed by atoms with Gasteiger partial charge in [-0.3, -0.25) is 4.79 Å². The van der Waals surface area contributed by atoms with Gasteiger partial charge in [0.1, 0.15) is 5.75 Å². The first kappa shape index (κ1) is 20.3. The van der Waals surface area contributed by atoms with Crippen molar-refractivity contribution < 1.29 is 9.53 Å². The monoisotopic (exact) mass is 404 g/mol. The van der Waals surface area contributed by atoms with Gasteiger partial charge >= 0.3 is 0 Å².